The van der Waals surface area contributed by atoms with E-state index >= 15 is 0 Å². The smallest absolute Gasteiger partial charge is 0.247 e. The molecule has 0 bridgehead atoms. The first-order valence-electron chi connectivity index (χ1n) is 7.11. The molecule has 118 valence electrons. The third-order valence-electron chi connectivity index (χ3n) is 3.59. The van der Waals surface area contributed by atoms with Crippen molar-refractivity contribution in [2.45, 2.75) is 16.6 Å². The van der Waals surface area contributed by atoms with Gasteiger partial charge in [0.05, 0.1) is 18.0 Å². The molecule has 2 N–H and O–H groups in total. The highest BCUT2D eigenvalue weighted by atomic mass is 32.2. The number of nitrogens with zero attached hydrogens (tertiary/aromatic N) is 1. The van der Waals surface area contributed by atoms with Crippen LogP contribution in [0.25, 0.3) is 0 Å². The van der Waals surface area contributed by atoms with Crippen LogP contribution in [0.1, 0.15) is 6.42 Å². The average Bonchev–Trinajstić information content (AvgIpc) is 2.84. The van der Waals surface area contributed by atoms with Crippen LogP contribution >= 0.6 is 11.8 Å². The molecule has 0 aliphatic carbocycles. The molecule has 6 heteroatoms. The highest BCUT2D eigenvalue weighted by Crippen LogP contribution is 2.34. The summed E-state index contributed by atoms with van der Waals surface area (Å²) < 4.78 is 5.09. The summed E-state index contributed by atoms with van der Waals surface area (Å²) in [6, 6.07) is 14.2. The minimum absolute atomic E-state index is 0.187. The summed E-state index contributed by atoms with van der Waals surface area (Å²) in [5.41, 5.74) is 6.90. The molecule has 5 nitrogen and oxygen atoms in total. The van der Waals surface area contributed by atoms with Gasteiger partial charge in [0.2, 0.25) is 11.8 Å². The number of rotatable bonds is 4. The van der Waals surface area contributed by atoms with Gasteiger partial charge in [0.25, 0.3) is 0 Å². The normalized spacial score (nSPS) is 17.6. The van der Waals surface area contributed by atoms with Gasteiger partial charge in [-0.05, 0) is 48.5 Å². The van der Waals surface area contributed by atoms with E-state index in [-0.39, 0.29) is 18.2 Å². The van der Waals surface area contributed by atoms with Gasteiger partial charge in [-0.25, -0.2) is 4.90 Å². The third-order valence-corrected chi connectivity index (χ3v) is 4.79. The molecule has 1 saturated heterocycles. The molecule has 0 aromatic heterocycles. The topological polar surface area (TPSA) is 72.6 Å². The van der Waals surface area contributed by atoms with E-state index < -0.39 is 5.25 Å². The van der Waals surface area contributed by atoms with Crippen molar-refractivity contribution in [2.75, 3.05) is 17.7 Å². The zero-order chi connectivity index (χ0) is 16.4. The number of carbonyl (C=O) groups is 2. The number of hydrogen-bond acceptors (Lipinski definition) is 5. The fourth-order valence-corrected chi connectivity index (χ4v) is 3.46. The van der Waals surface area contributed by atoms with Gasteiger partial charge in [-0.1, -0.05) is 0 Å². The van der Waals surface area contributed by atoms with Crippen molar-refractivity contribution < 1.29 is 14.3 Å². The van der Waals surface area contributed by atoms with Gasteiger partial charge in [-0.3, -0.25) is 9.59 Å². The van der Waals surface area contributed by atoms with Crippen LogP contribution in [0.5, 0.6) is 5.75 Å². The van der Waals surface area contributed by atoms with Crippen LogP contribution in [0.4, 0.5) is 11.4 Å². The Morgan fingerprint density at radius 2 is 1.74 bits per heavy atom. The summed E-state index contributed by atoms with van der Waals surface area (Å²) in [4.78, 5) is 27.0. The molecule has 1 heterocycles. The van der Waals surface area contributed by atoms with Gasteiger partial charge < -0.3 is 10.5 Å². The van der Waals surface area contributed by atoms with Crippen LogP contribution < -0.4 is 15.4 Å². The number of hydrogen-bond donors (Lipinski definition) is 1. The number of nitrogens with two attached hydrogens (primary N) is 1. The van der Waals surface area contributed by atoms with Gasteiger partial charge in [0.1, 0.15) is 5.75 Å². The number of ether oxygens (including phenoxy) is 1. The number of amides is 2. The molecule has 0 spiro atoms. The van der Waals surface area contributed by atoms with E-state index in [2.05, 4.69) is 0 Å². The molecule has 2 amide bonds. The van der Waals surface area contributed by atoms with Crippen molar-refractivity contribution in [3.63, 3.8) is 0 Å². The maximum Gasteiger partial charge on any atom is 0.247 e. The summed E-state index contributed by atoms with van der Waals surface area (Å²) in [7, 11) is 1.57. The molecule has 23 heavy (non-hydrogen) atoms. The lowest BCUT2D eigenvalue weighted by molar-refractivity contribution is -0.121. The van der Waals surface area contributed by atoms with E-state index in [1.807, 2.05) is 12.1 Å². The van der Waals surface area contributed by atoms with Crippen molar-refractivity contribution in [1.82, 2.24) is 0 Å². The Hall–Kier alpha value is -2.47. The quantitative estimate of drug-likeness (QED) is 0.690. The van der Waals surface area contributed by atoms with Gasteiger partial charge in [-0.2, -0.15) is 0 Å². The Morgan fingerprint density at radius 3 is 2.35 bits per heavy atom. The van der Waals surface area contributed by atoms with E-state index in [4.69, 9.17) is 10.5 Å². The second kappa shape index (κ2) is 6.34. The molecular formula is C17H16N2O3S. The lowest BCUT2D eigenvalue weighted by atomic mass is 10.3. The maximum absolute atomic E-state index is 12.6. The number of carbonyl (C=O) groups excluding carboxylic acids is 2. The van der Waals surface area contributed by atoms with Crippen molar-refractivity contribution in [1.29, 1.82) is 0 Å². The highest BCUT2D eigenvalue weighted by molar-refractivity contribution is 8.00. The first-order valence-corrected chi connectivity index (χ1v) is 7.99. The van der Waals surface area contributed by atoms with Crippen LogP contribution in [0.2, 0.25) is 0 Å². The first kappa shape index (κ1) is 15.4. The van der Waals surface area contributed by atoms with E-state index in [9.17, 15) is 9.59 Å². The van der Waals surface area contributed by atoms with Gasteiger partial charge in [0, 0.05) is 17.0 Å². The molecule has 0 saturated carbocycles. The number of benzene rings is 2. The predicted octanol–water partition coefficient (Wildman–Crippen LogP) is 2.70. The standard InChI is InChI=1S/C17H16N2O3S/c1-22-13-6-4-12(5-7-13)19-16(20)10-15(17(19)21)23-14-8-2-11(18)3-9-14/h2-9,15H,10,18H2,1H3. The predicted molar refractivity (Wildman–Crippen MR) is 90.6 cm³/mol. The fraction of sp³-hybridized carbons (Fsp3) is 0.176. The minimum Gasteiger partial charge on any atom is -0.497 e. The Bertz CT molecular complexity index is 729. The number of anilines is 2. The molecule has 1 aliphatic rings. The first-order chi connectivity index (χ1) is 11.1. The van der Waals surface area contributed by atoms with E-state index in [0.29, 0.717) is 17.1 Å². The zero-order valence-corrected chi connectivity index (χ0v) is 13.4. The Kier molecular flexibility index (Phi) is 4.25. The van der Waals surface area contributed by atoms with Crippen LogP contribution in [0, 0.1) is 0 Å². The Balaban J connectivity index is 1.77. The molecule has 0 radical (unpaired) electrons. The fourth-order valence-electron chi connectivity index (χ4n) is 2.41. The SMILES string of the molecule is COc1ccc(N2C(=O)CC(Sc3ccc(N)cc3)C2=O)cc1. The third kappa shape index (κ3) is 3.17. The summed E-state index contributed by atoms with van der Waals surface area (Å²) in [5.74, 6) is 0.302. The largest absolute Gasteiger partial charge is 0.497 e. The van der Waals surface area contributed by atoms with E-state index in [1.54, 1.807) is 43.5 Å². The summed E-state index contributed by atoms with van der Waals surface area (Å²) in [6.45, 7) is 0. The second-order valence-corrected chi connectivity index (χ2v) is 6.42. The molecular weight excluding hydrogens is 312 g/mol. The van der Waals surface area contributed by atoms with Gasteiger partial charge >= 0.3 is 0 Å². The van der Waals surface area contributed by atoms with E-state index in [0.717, 1.165) is 4.90 Å². The van der Waals surface area contributed by atoms with Crippen molar-refractivity contribution in [3.8, 4) is 5.75 Å². The average molecular weight is 328 g/mol. The lowest BCUT2D eigenvalue weighted by Gasteiger charge is -2.15. The van der Waals surface area contributed by atoms with Crippen LogP contribution in [0.15, 0.2) is 53.4 Å². The van der Waals surface area contributed by atoms with Gasteiger partial charge in [-0.15, -0.1) is 11.8 Å². The van der Waals surface area contributed by atoms with Gasteiger partial charge in [0.15, 0.2) is 0 Å². The summed E-state index contributed by atoms with van der Waals surface area (Å²) >= 11 is 1.39. The summed E-state index contributed by atoms with van der Waals surface area (Å²) in [5, 5.41) is -0.409. The van der Waals surface area contributed by atoms with Crippen LogP contribution in [0.3, 0.4) is 0 Å². The Labute approximate surface area is 138 Å². The second-order valence-electron chi connectivity index (χ2n) is 5.15. The number of thioether (sulfide) groups is 1. The number of methoxy groups -OCH3 is 1. The highest BCUT2D eigenvalue weighted by Gasteiger charge is 2.40. The molecule has 1 atom stereocenters. The number of nitrogen functional groups attached to an aromatic ring is 1. The monoisotopic (exact) mass is 328 g/mol. The van der Waals surface area contributed by atoms with E-state index in [1.165, 1.54) is 16.7 Å². The maximum atomic E-state index is 12.6. The minimum atomic E-state index is -0.409. The van der Waals surface area contributed by atoms with Crippen LogP contribution in [-0.2, 0) is 9.59 Å². The van der Waals surface area contributed by atoms with Crippen molar-refractivity contribution in [2.24, 2.45) is 0 Å². The molecule has 1 fully saturated rings. The number of imide groups is 1. The zero-order valence-electron chi connectivity index (χ0n) is 12.6. The lowest BCUT2D eigenvalue weighted by Crippen LogP contribution is -2.31. The Morgan fingerprint density at radius 1 is 1.09 bits per heavy atom. The molecule has 2 aromatic carbocycles. The van der Waals surface area contributed by atoms with Crippen molar-refractivity contribution in [3.05, 3.63) is 48.5 Å². The molecule has 1 aliphatic heterocycles. The van der Waals surface area contributed by atoms with Crippen molar-refractivity contribution >= 4 is 35.0 Å². The molecule has 2 aromatic rings. The summed E-state index contributed by atoms with van der Waals surface area (Å²) in [6.07, 6.45) is 0.194. The molecule has 3 rings (SSSR count). The van der Waals surface area contributed by atoms with Crippen LogP contribution in [-0.4, -0.2) is 24.2 Å². The molecule has 1 unspecified atom stereocenters.